The summed E-state index contributed by atoms with van der Waals surface area (Å²) in [6.45, 7) is 1.28. The van der Waals surface area contributed by atoms with Crippen LogP contribution in [0.5, 0.6) is 0 Å². The summed E-state index contributed by atoms with van der Waals surface area (Å²) in [5.41, 5.74) is -3.73. The van der Waals surface area contributed by atoms with Crippen LogP contribution in [0.2, 0.25) is 0 Å². The van der Waals surface area contributed by atoms with Crippen molar-refractivity contribution >= 4 is 23.4 Å². The van der Waals surface area contributed by atoms with Gasteiger partial charge in [-0.15, -0.1) is 0 Å². The van der Waals surface area contributed by atoms with Crippen molar-refractivity contribution in [2.45, 2.75) is 95.0 Å². The number of aliphatic hydroxyl groups is 1. The normalized spacial score (nSPS) is 14.1. The van der Waals surface area contributed by atoms with E-state index >= 15 is 0 Å². The van der Waals surface area contributed by atoms with Gasteiger partial charge in [0.1, 0.15) is 5.60 Å². The minimum atomic E-state index is -5.50. The van der Waals surface area contributed by atoms with Crippen molar-refractivity contribution in [2.24, 2.45) is 0 Å². The molecular weight excluding hydrogens is 544 g/mol. The second kappa shape index (κ2) is 14.9. The van der Waals surface area contributed by atoms with Gasteiger partial charge in [-0.2, -0.15) is 52.1 Å². The number of carbonyl (C=O) groups is 1. The Morgan fingerprint density at radius 3 is 2.00 bits per heavy atom. The van der Waals surface area contributed by atoms with Crippen molar-refractivity contribution < 1.29 is 45.0 Å². The van der Waals surface area contributed by atoms with E-state index in [2.05, 4.69) is 5.32 Å². The van der Waals surface area contributed by atoms with Gasteiger partial charge in [0.25, 0.3) is 5.91 Å². The summed E-state index contributed by atoms with van der Waals surface area (Å²) in [5, 5.41) is 21.5. The van der Waals surface area contributed by atoms with E-state index in [1.165, 1.54) is 24.8 Å². The first-order valence-corrected chi connectivity index (χ1v) is 13.3. The smallest absolute Gasteiger partial charge is 0.380 e. The first-order valence-electron chi connectivity index (χ1n) is 12.2. The highest BCUT2D eigenvalue weighted by molar-refractivity contribution is 7.99. The van der Waals surface area contributed by atoms with E-state index in [1.54, 1.807) is 0 Å². The number of alkyl halides is 8. The molecule has 38 heavy (non-hydrogen) atoms. The first-order chi connectivity index (χ1) is 17.5. The molecule has 0 radical (unpaired) electrons. The molecule has 0 saturated heterocycles. The summed E-state index contributed by atoms with van der Waals surface area (Å²) >= 11 is 1.35. The number of unbranched alkanes of at least 4 members (excludes halogenated alkanes) is 6. The molecule has 0 aliphatic carbocycles. The zero-order valence-corrected chi connectivity index (χ0v) is 21.8. The van der Waals surface area contributed by atoms with Crippen LogP contribution in [0.15, 0.2) is 18.2 Å². The Labute approximate surface area is 221 Å². The molecule has 4 nitrogen and oxygen atoms in total. The molecule has 1 atom stereocenters. The van der Waals surface area contributed by atoms with E-state index in [9.17, 15) is 45.0 Å². The van der Waals surface area contributed by atoms with E-state index in [1.807, 2.05) is 0 Å². The summed E-state index contributed by atoms with van der Waals surface area (Å²) in [4.78, 5) is 12.4. The molecule has 0 unspecified atom stereocenters. The number of rotatable bonds is 16. The largest absolute Gasteiger partial charge is 0.453 e. The number of nitriles is 1. The third-order valence-electron chi connectivity index (χ3n) is 5.84. The van der Waals surface area contributed by atoms with Gasteiger partial charge in [0.05, 0.1) is 17.2 Å². The van der Waals surface area contributed by atoms with E-state index < -0.39 is 47.3 Å². The zero-order valence-electron chi connectivity index (χ0n) is 21.0. The zero-order chi connectivity index (χ0) is 29.0. The molecule has 216 valence electrons. The highest BCUT2D eigenvalue weighted by Crippen LogP contribution is 2.39. The number of carbonyl (C=O) groups excluding carboxylic acids is 1. The number of nitrogens with one attached hydrogen (secondary N) is 1. The summed E-state index contributed by atoms with van der Waals surface area (Å²) < 4.78 is 101. The van der Waals surface area contributed by atoms with Gasteiger partial charge in [-0.3, -0.25) is 4.79 Å². The Balaban J connectivity index is 2.20. The van der Waals surface area contributed by atoms with Crippen molar-refractivity contribution in [3.05, 3.63) is 29.3 Å². The minimum absolute atomic E-state index is 0.102. The first kappa shape index (κ1) is 34.0. The fourth-order valence-corrected chi connectivity index (χ4v) is 4.49. The number of hydrogen-bond acceptors (Lipinski definition) is 4. The topological polar surface area (TPSA) is 73.1 Å². The fourth-order valence-electron chi connectivity index (χ4n) is 3.53. The van der Waals surface area contributed by atoms with E-state index in [0.29, 0.717) is 18.2 Å². The van der Waals surface area contributed by atoms with Crippen LogP contribution in [0.4, 0.5) is 40.8 Å². The van der Waals surface area contributed by atoms with Crippen LogP contribution in [0.3, 0.4) is 0 Å². The lowest BCUT2D eigenvalue weighted by Gasteiger charge is -2.22. The van der Waals surface area contributed by atoms with E-state index in [4.69, 9.17) is 5.26 Å². The molecule has 0 aromatic heterocycles. The second-order valence-electron chi connectivity index (χ2n) is 9.24. The SMILES string of the molecule is C[C@](O)(CCCCCCCCCSCCCC(F)(F)C(F)(F)F)C(=O)Nc1ccc(C#N)c(C(F)(F)F)c1. The molecule has 0 fully saturated rings. The summed E-state index contributed by atoms with van der Waals surface area (Å²) in [6, 6.07) is 4.21. The van der Waals surface area contributed by atoms with Crippen LogP contribution in [0, 0.1) is 11.3 Å². The summed E-state index contributed by atoms with van der Waals surface area (Å²) in [6.07, 6.45) is -6.01. The maximum atomic E-state index is 13.1. The number of halogens is 8. The average Bonchev–Trinajstić information content (AvgIpc) is 2.80. The Morgan fingerprint density at radius 2 is 1.45 bits per heavy atom. The molecule has 2 N–H and O–H groups in total. The lowest BCUT2D eigenvalue weighted by atomic mass is 9.96. The number of thioether (sulfide) groups is 1. The predicted octanol–water partition coefficient (Wildman–Crippen LogP) is 8.10. The number of anilines is 1. The Kier molecular flexibility index (Phi) is 13.3. The van der Waals surface area contributed by atoms with Gasteiger partial charge < -0.3 is 10.4 Å². The Bertz CT molecular complexity index is 927. The summed E-state index contributed by atoms with van der Waals surface area (Å²) in [7, 11) is 0. The highest BCUT2D eigenvalue weighted by Gasteiger charge is 2.56. The maximum Gasteiger partial charge on any atom is 0.453 e. The van der Waals surface area contributed by atoms with Gasteiger partial charge in [0.2, 0.25) is 0 Å². The second-order valence-corrected chi connectivity index (χ2v) is 10.5. The van der Waals surface area contributed by atoms with Crippen molar-refractivity contribution in [1.29, 1.82) is 5.26 Å². The van der Waals surface area contributed by atoms with E-state index in [-0.39, 0.29) is 24.3 Å². The predicted molar refractivity (Wildman–Crippen MR) is 130 cm³/mol. The third-order valence-corrected chi connectivity index (χ3v) is 6.99. The third kappa shape index (κ3) is 11.8. The Hall–Kier alpha value is -2.07. The molecule has 0 spiro atoms. The molecule has 0 heterocycles. The minimum Gasteiger partial charge on any atom is -0.380 e. The van der Waals surface area contributed by atoms with Gasteiger partial charge in [-0.05, 0) is 55.9 Å². The van der Waals surface area contributed by atoms with Gasteiger partial charge in [-0.25, -0.2) is 0 Å². The van der Waals surface area contributed by atoms with Gasteiger partial charge in [0.15, 0.2) is 0 Å². The van der Waals surface area contributed by atoms with Crippen LogP contribution in [-0.4, -0.2) is 40.2 Å². The molecule has 1 rings (SSSR count). The Morgan fingerprint density at radius 1 is 0.895 bits per heavy atom. The summed E-state index contributed by atoms with van der Waals surface area (Å²) in [5.74, 6) is -4.57. The number of benzene rings is 1. The molecule has 13 heteroatoms. The van der Waals surface area contributed by atoms with Gasteiger partial charge >= 0.3 is 18.3 Å². The molecule has 1 aromatic carbocycles. The average molecular weight is 577 g/mol. The van der Waals surface area contributed by atoms with Crippen LogP contribution in [-0.2, 0) is 11.0 Å². The fraction of sp³-hybridized carbons (Fsp3) is 0.680. The lowest BCUT2D eigenvalue weighted by molar-refractivity contribution is -0.284. The molecule has 1 amide bonds. The molecule has 0 aliphatic rings. The highest BCUT2D eigenvalue weighted by atomic mass is 32.2. The quantitative estimate of drug-likeness (QED) is 0.154. The number of nitrogens with zero attached hydrogens (tertiary/aromatic N) is 1. The molecule has 1 aromatic rings. The van der Waals surface area contributed by atoms with Crippen LogP contribution < -0.4 is 5.32 Å². The molecule has 0 saturated carbocycles. The molecular formula is C25H32F8N2O2S. The van der Waals surface area contributed by atoms with E-state index in [0.717, 1.165) is 50.7 Å². The van der Waals surface area contributed by atoms with Crippen molar-refractivity contribution in [2.75, 3.05) is 16.8 Å². The van der Waals surface area contributed by atoms with Crippen LogP contribution in [0.25, 0.3) is 0 Å². The number of hydrogen-bond donors (Lipinski definition) is 2. The van der Waals surface area contributed by atoms with Crippen LogP contribution >= 0.6 is 11.8 Å². The number of amides is 1. The molecule has 0 bridgehead atoms. The maximum absolute atomic E-state index is 13.1. The van der Waals surface area contributed by atoms with Crippen molar-refractivity contribution in [3.8, 4) is 6.07 Å². The van der Waals surface area contributed by atoms with Crippen molar-refractivity contribution in [1.82, 2.24) is 0 Å². The standard InChI is InChI=1S/C25H32F8N2O2S/c1-22(37,21(36)35-19-11-10-18(17-34)20(16-19)24(28,29)30)12-7-5-3-2-4-6-8-14-38-15-9-13-23(26,27)25(31,32)33/h10-11,16,37H,2-9,12-15H2,1H3,(H,35,36)/t22-/m0/s1. The van der Waals surface area contributed by atoms with Crippen molar-refractivity contribution in [3.63, 3.8) is 0 Å². The van der Waals surface area contributed by atoms with Gasteiger partial charge in [-0.1, -0.05) is 38.5 Å². The lowest BCUT2D eigenvalue weighted by Crippen LogP contribution is -2.40. The van der Waals surface area contributed by atoms with Gasteiger partial charge in [0, 0.05) is 12.1 Å². The molecule has 0 aliphatic heterocycles. The van der Waals surface area contributed by atoms with Crippen LogP contribution in [0.1, 0.15) is 82.3 Å². The monoisotopic (exact) mass is 576 g/mol.